The summed E-state index contributed by atoms with van der Waals surface area (Å²) in [4.78, 5) is 20.1. The average molecular weight is 442 g/mol. The first kappa shape index (κ1) is 21.3. The van der Waals surface area contributed by atoms with Gasteiger partial charge in [0.15, 0.2) is 0 Å². The highest BCUT2D eigenvalue weighted by Gasteiger charge is 2.33. The molecule has 0 aromatic heterocycles. The van der Waals surface area contributed by atoms with E-state index < -0.39 is 0 Å². The van der Waals surface area contributed by atoms with Crippen molar-refractivity contribution in [3.8, 4) is 0 Å². The SMILES string of the molecule is CC(CN1c2ccccc2C(=O)NC1c1ccccc1)N1CCN(c2cccc(N)c2)CC1. The Bertz CT molecular complexity index is 1110. The molecule has 3 aromatic rings. The molecule has 33 heavy (non-hydrogen) atoms. The van der Waals surface area contributed by atoms with E-state index in [4.69, 9.17) is 5.73 Å². The lowest BCUT2D eigenvalue weighted by Gasteiger charge is -2.44. The van der Waals surface area contributed by atoms with Gasteiger partial charge in [-0.3, -0.25) is 9.69 Å². The molecule has 0 aliphatic carbocycles. The molecule has 2 unspecified atom stereocenters. The molecule has 6 nitrogen and oxygen atoms in total. The van der Waals surface area contributed by atoms with E-state index in [-0.39, 0.29) is 12.1 Å². The fraction of sp³-hybridized carbons (Fsp3) is 0.296. The summed E-state index contributed by atoms with van der Waals surface area (Å²) in [7, 11) is 0. The molecule has 0 radical (unpaired) electrons. The second-order valence-corrected chi connectivity index (χ2v) is 8.92. The zero-order chi connectivity index (χ0) is 22.8. The van der Waals surface area contributed by atoms with E-state index in [1.54, 1.807) is 0 Å². The van der Waals surface area contributed by atoms with Gasteiger partial charge in [0.25, 0.3) is 5.91 Å². The van der Waals surface area contributed by atoms with Gasteiger partial charge in [0.1, 0.15) is 6.17 Å². The fourth-order valence-corrected chi connectivity index (χ4v) is 4.98. The van der Waals surface area contributed by atoms with Gasteiger partial charge in [0.05, 0.1) is 11.3 Å². The minimum absolute atomic E-state index is 0.0147. The number of fused-ring (bicyclic) bond motifs is 1. The lowest BCUT2D eigenvalue weighted by atomic mass is 10.0. The highest BCUT2D eigenvalue weighted by molar-refractivity contribution is 6.02. The van der Waals surface area contributed by atoms with E-state index in [2.05, 4.69) is 57.3 Å². The molecule has 1 fully saturated rings. The fourth-order valence-electron chi connectivity index (χ4n) is 4.98. The van der Waals surface area contributed by atoms with Gasteiger partial charge in [-0.2, -0.15) is 0 Å². The van der Waals surface area contributed by atoms with Crippen LogP contribution in [0.1, 0.15) is 29.0 Å². The Morgan fingerprint density at radius 3 is 2.42 bits per heavy atom. The van der Waals surface area contributed by atoms with Crippen LogP contribution in [-0.2, 0) is 0 Å². The number of hydrogen-bond acceptors (Lipinski definition) is 5. The second-order valence-electron chi connectivity index (χ2n) is 8.92. The van der Waals surface area contributed by atoms with Crippen LogP contribution in [0.4, 0.5) is 17.1 Å². The molecule has 2 aliphatic rings. The molecule has 2 aliphatic heterocycles. The number of nitrogen functional groups attached to an aromatic ring is 1. The maximum absolute atomic E-state index is 12.8. The Balaban J connectivity index is 1.33. The highest BCUT2D eigenvalue weighted by atomic mass is 16.2. The quantitative estimate of drug-likeness (QED) is 0.591. The zero-order valence-electron chi connectivity index (χ0n) is 19.0. The lowest BCUT2D eigenvalue weighted by molar-refractivity contribution is 0.0923. The van der Waals surface area contributed by atoms with E-state index in [0.717, 1.165) is 55.2 Å². The standard InChI is InChI=1S/C27H31N5O/c1-20(30-14-16-31(17-15-30)23-11-7-10-22(28)18-23)19-32-25-13-6-5-12-24(25)27(33)29-26(32)21-8-3-2-4-9-21/h2-13,18,20,26H,14-17,19,28H2,1H3,(H,29,33). The zero-order valence-corrected chi connectivity index (χ0v) is 19.0. The average Bonchev–Trinajstić information content (AvgIpc) is 2.86. The normalized spacial score (nSPS) is 19.7. The van der Waals surface area contributed by atoms with Gasteiger partial charge in [-0.15, -0.1) is 0 Å². The molecule has 6 heteroatoms. The molecule has 3 N–H and O–H groups in total. The highest BCUT2D eigenvalue weighted by Crippen LogP contribution is 2.33. The molecular weight excluding hydrogens is 410 g/mol. The number of nitrogens with two attached hydrogens (primary N) is 1. The first-order chi connectivity index (χ1) is 16.1. The number of carbonyl (C=O) groups excluding carboxylic acids is 1. The Morgan fingerprint density at radius 2 is 1.67 bits per heavy atom. The van der Waals surface area contributed by atoms with Gasteiger partial charge in [0.2, 0.25) is 0 Å². The van der Waals surface area contributed by atoms with Crippen molar-refractivity contribution < 1.29 is 4.79 Å². The van der Waals surface area contributed by atoms with Gasteiger partial charge in [-0.25, -0.2) is 0 Å². The summed E-state index contributed by atoms with van der Waals surface area (Å²) in [6.45, 7) is 7.06. The van der Waals surface area contributed by atoms with Crippen molar-refractivity contribution in [2.24, 2.45) is 0 Å². The summed E-state index contributed by atoms with van der Waals surface area (Å²) in [6.07, 6.45) is -0.176. The molecule has 0 spiro atoms. The number of nitrogens with one attached hydrogen (secondary N) is 1. The van der Waals surface area contributed by atoms with Crippen molar-refractivity contribution in [2.45, 2.75) is 19.1 Å². The van der Waals surface area contributed by atoms with Gasteiger partial charge >= 0.3 is 0 Å². The Morgan fingerprint density at radius 1 is 0.939 bits per heavy atom. The monoisotopic (exact) mass is 441 g/mol. The number of benzene rings is 3. The Labute approximate surface area is 195 Å². The smallest absolute Gasteiger partial charge is 0.255 e. The summed E-state index contributed by atoms with van der Waals surface area (Å²) in [5.74, 6) is -0.0147. The van der Waals surface area contributed by atoms with E-state index in [0.29, 0.717) is 6.04 Å². The van der Waals surface area contributed by atoms with Crippen molar-refractivity contribution in [3.63, 3.8) is 0 Å². The van der Waals surface area contributed by atoms with Crippen LogP contribution >= 0.6 is 0 Å². The number of piperazine rings is 1. The Hall–Kier alpha value is -3.51. The third-order valence-corrected chi connectivity index (χ3v) is 6.79. The minimum atomic E-state index is -0.176. The van der Waals surface area contributed by atoms with Crippen molar-refractivity contribution in [1.29, 1.82) is 0 Å². The predicted molar refractivity (Wildman–Crippen MR) is 135 cm³/mol. The van der Waals surface area contributed by atoms with E-state index in [1.165, 1.54) is 5.69 Å². The molecule has 0 saturated carbocycles. The summed E-state index contributed by atoms with van der Waals surface area (Å²) < 4.78 is 0. The van der Waals surface area contributed by atoms with Crippen LogP contribution in [0.2, 0.25) is 0 Å². The number of rotatable bonds is 5. The largest absolute Gasteiger partial charge is 0.399 e. The van der Waals surface area contributed by atoms with Crippen LogP contribution in [-0.4, -0.2) is 49.6 Å². The molecule has 1 amide bonds. The topological polar surface area (TPSA) is 64.8 Å². The van der Waals surface area contributed by atoms with Crippen LogP contribution in [0.15, 0.2) is 78.9 Å². The summed E-state index contributed by atoms with van der Waals surface area (Å²) >= 11 is 0. The van der Waals surface area contributed by atoms with Crippen LogP contribution in [0.3, 0.4) is 0 Å². The number of nitrogens with zero attached hydrogens (tertiary/aromatic N) is 3. The Kier molecular flexibility index (Phi) is 5.92. The van der Waals surface area contributed by atoms with E-state index >= 15 is 0 Å². The molecule has 3 aromatic carbocycles. The molecule has 5 rings (SSSR count). The lowest BCUT2D eigenvalue weighted by Crippen LogP contribution is -2.55. The van der Waals surface area contributed by atoms with Crippen LogP contribution < -0.4 is 20.9 Å². The van der Waals surface area contributed by atoms with Gasteiger partial charge in [0, 0.05) is 50.1 Å². The second kappa shape index (κ2) is 9.16. The molecule has 1 saturated heterocycles. The molecule has 170 valence electrons. The van der Waals surface area contributed by atoms with Gasteiger partial charge in [-0.05, 0) is 42.8 Å². The summed E-state index contributed by atoms with van der Waals surface area (Å²) in [6, 6.07) is 26.6. The third-order valence-electron chi connectivity index (χ3n) is 6.79. The van der Waals surface area contributed by atoms with Crippen LogP contribution in [0.25, 0.3) is 0 Å². The summed E-state index contributed by atoms with van der Waals surface area (Å²) in [5.41, 5.74) is 10.8. The van der Waals surface area contributed by atoms with Crippen LogP contribution in [0.5, 0.6) is 0 Å². The molecule has 2 atom stereocenters. The van der Waals surface area contributed by atoms with Crippen molar-refractivity contribution in [2.75, 3.05) is 48.3 Å². The van der Waals surface area contributed by atoms with Gasteiger partial charge < -0.3 is 20.9 Å². The van der Waals surface area contributed by atoms with Crippen LogP contribution in [0, 0.1) is 0 Å². The minimum Gasteiger partial charge on any atom is -0.399 e. The van der Waals surface area contributed by atoms with Gasteiger partial charge in [-0.1, -0.05) is 48.5 Å². The number of para-hydroxylation sites is 1. The molecule has 2 heterocycles. The first-order valence-electron chi connectivity index (χ1n) is 11.7. The first-order valence-corrected chi connectivity index (χ1v) is 11.7. The molecule has 0 bridgehead atoms. The third kappa shape index (κ3) is 4.39. The predicted octanol–water partition coefficient (Wildman–Crippen LogP) is 3.73. The number of carbonyl (C=O) groups is 1. The van der Waals surface area contributed by atoms with Crippen molar-refractivity contribution >= 4 is 23.0 Å². The molecular formula is C27H31N5O. The van der Waals surface area contributed by atoms with Crippen molar-refractivity contribution in [1.82, 2.24) is 10.2 Å². The number of hydrogen-bond donors (Lipinski definition) is 2. The maximum atomic E-state index is 12.8. The maximum Gasteiger partial charge on any atom is 0.255 e. The summed E-state index contributed by atoms with van der Waals surface area (Å²) in [5, 5.41) is 3.23. The van der Waals surface area contributed by atoms with E-state index in [1.807, 2.05) is 48.5 Å². The number of amides is 1. The number of anilines is 3. The van der Waals surface area contributed by atoms with E-state index in [9.17, 15) is 4.79 Å². The van der Waals surface area contributed by atoms with Crippen molar-refractivity contribution in [3.05, 3.63) is 90.0 Å².